The fourth-order valence-electron chi connectivity index (χ4n) is 1.80. The van der Waals surface area contributed by atoms with Crippen molar-refractivity contribution < 1.29 is 4.79 Å². The highest BCUT2D eigenvalue weighted by Crippen LogP contribution is 2.25. The van der Waals surface area contributed by atoms with Crippen LogP contribution >= 0.6 is 67.8 Å². The van der Waals surface area contributed by atoms with Crippen LogP contribution in [0, 0.1) is 10.7 Å². The predicted octanol–water partition coefficient (Wildman–Crippen LogP) is 3.74. The third-order valence-corrected chi connectivity index (χ3v) is 6.28. The summed E-state index contributed by atoms with van der Waals surface area (Å²) in [6.07, 6.45) is 2.28. The lowest BCUT2D eigenvalue weighted by molar-refractivity contribution is 0.0791. The standard InChI is InChI=1S/C11H10I3NO/c12-7-5-8(10(14)9(13)6-7)11(16)15-3-1-2-4-15/h5-6H,1-4H2. The number of likely N-dealkylation sites (tertiary alicyclic amines) is 1. The molecule has 1 saturated heterocycles. The van der Waals surface area contributed by atoms with Gasteiger partial charge >= 0.3 is 0 Å². The number of benzene rings is 1. The molecule has 0 bridgehead atoms. The Bertz CT molecular complexity index is 427. The average Bonchev–Trinajstić information content (AvgIpc) is 2.75. The molecule has 2 nitrogen and oxygen atoms in total. The van der Waals surface area contributed by atoms with Gasteiger partial charge in [-0.2, -0.15) is 0 Å². The molecule has 0 spiro atoms. The van der Waals surface area contributed by atoms with E-state index in [9.17, 15) is 4.79 Å². The molecule has 0 aliphatic carbocycles. The van der Waals surface area contributed by atoms with E-state index in [-0.39, 0.29) is 5.91 Å². The minimum absolute atomic E-state index is 0.193. The molecule has 1 fully saturated rings. The molecule has 1 aromatic rings. The molecule has 0 atom stereocenters. The third kappa shape index (κ3) is 2.82. The van der Waals surface area contributed by atoms with Crippen molar-refractivity contribution in [1.82, 2.24) is 4.90 Å². The Labute approximate surface area is 136 Å². The molecule has 5 heteroatoms. The van der Waals surface area contributed by atoms with Gasteiger partial charge in [-0.3, -0.25) is 4.79 Å². The van der Waals surface area contributed by atoms with Crippen LogP contribution in [0.3, 0.4) is 0 Å². The van der Waals surface area contributed by atoms with Gasteiger partial charge in [-0.1, -0.05) is 0 Å². The number of hydrogen-bond acceptors (Lipinski definition) is 1. The maximum absolute atomic E-state index is 12.3. The van der Waals surface area contributed by atoms with Gasteiger partial charge < -0.3 is 4.90 Å². The molecule has 0 aromatic heterocycles. The Morgan fingerprint density at radius 2 is 1.75 bits per heavy atom. The van der Waals surface area contributed by atoms with Crippen LogP contribution in [0.4, 0.5) is 0 Å². The predicted molar refractivity (Wildman–Crippen MR) is 89.7 cm³/mol. The summed E-state index contributed by atoms with van der Waals surface area (Å²) < 4.78 is 3.37. The fourth-order valence-corrected chi connectivity index (χ4v) is 4.19. The zero-order valence-electron chi connectivity index (χ0n) is 8.47. The van der Waals surface area contributed by atoms with Gasteiger partial charge in [-0.05, 0) is 92.7 Å². The van der Waals surface area contributed by atoms with E-state index >= 15 is 0 Å². The molecule has 1 heterocycles. The Kier molecular flexibility index (Phi) is 4.73. The lowest BCUT2D eigenvalue weighted by atomic mass is 10.2. The van der Waals surface area contributed by atoms with Crippen LogP contribution in [0.5, 0.6) is 0 Å². The van der Waals surface area contributed by atoms with Crippen LogP contribution in [-0.4, -0.2) is 23.9 Å². The molecule has 1 aromatic carbocycles. The lowest BCUT2D eigenvalue weighted by Crippen LogP contribution is -2.28. The van der Waals surface area contributed by atoms with E-state index in [0.29, 0.717) is 0 Å². The number of rotatable bonds is 1. The number of hydrogen-bond donors (Lipinski definition) is 0. The smallest absolute Gasteiger partial charge is 0.255 e. The number of carbonyl (C=O) groups is 1. The minimum Gasteiger partial charge on any atom is -0.339 e. The molecule has 16 heavy (non-hydrogen) atoms. The second kappa shape index (κ2) is 5.68. The molecule has 1 amide bonds. The van der Waals surface area contributed by atoms with Crippen molar-refractivity contribution in [3.8, 4) is 0 Å². The van der Waals surface area contributed by atoms with Gasteiger partial charge in [0.1, 0.15) is 0 Å². The highest BCUT2D eigenvalue weighted by molar-refractivity contribution is 14.1. The topological polar surface area (TPSA) is 20.3 Å². The van der Waals surface area contributed by atoms with Crippen molar-refractivity contribution in [2.24, 2.45) is 0 Å². The molecule has 1 aliphatic rings. The summed E-state index contributed by atoms with van der Waals surface area (Å²) in [4.78, 5) is 14.2. The van der Waals surface area contributed by atoms with Gasteiger partial charge in [0.05, 0.1) is 5.56 Å². The van der Waals surface area contributed by atoms with Crippen molar-refractivity contribution in [1.29, 1.82) is 0 Å². The summed E-state index contributed by atoms with van der Waals surface area (Å²) in [7, 11) is 0. The zero-order chi connectivity index (χ0) is 11.7. The highest BCUT2D eigenvalue weighted by atomic mass is 127. The van der Waals surface area contributed by atoms with E-state index in [4.69, 9.17) is 0 Å². The van der Waals surface area contributed by atoms with E-state index in [2.05, 4.69) is 73.8 Å². The summed E-state index contributed by atoms with van der Waals surface area (Å²) in [5, 5.41) is 0. The van der Waals surface area contributed by atoms with E-state index in [1.807, 2.05) is 11.0 Å². The maximum Gasteiger partial charge on any atom is 0.255 e. The molecule has 0 saturated carbocycles. The van der Waals surface area contributed by atoms with Crippen molar-refractivity contribution in [3.05, 3.63) is 28.4 Å². The summed E-state index contributed by atoms with van der Waals surface area (Å²) >= 11 is 6.82. The first-order valence-corrected chi connectivity index (χ1v) is 8.27. The normalized spacial score (nSPS) is 15.6. The number of nitrogens with zero attached hydrogens (tertiary/aromatic N) is 1. The molecule has 0 unspecified atom stereocenters. The van der Waals surface area contributed by atoms with Crippen molar-refractivity contribution in [2.45, 2.75) is 12.8 Å². The average molecular weight is 553 g/mol. The Hall–Kier alpha value is 0.880. The molecule has 0 N–H and O–H groups in total. The number of halogens is 3. The molecular formula is C11H10I3NO. The van der Waals surface area contributed by atoms with E-state index in [1.165, 1.54) is 0 Å². The first kappa shape index (κ1) is 13.3. The fraction of sp³-hybridized carbons (Fsp3) is 0.364. The highest BCUT2D eigenvalue weighted by Gasteiger charge is 2.22. The van der Waals surface area contributed by atoms with E-state index in [0.717, 1.165) is 42.2 Å². The summed E-state index contributed by atoms with van der Waals surface area (Å²) in [6.45, 7) is 1.83. The zero-order valence-corrected chi connectivity index (χ0v) is 14.9. The summed E-state index contributed by atoms with van der Waals surface area (Å²) in [5.74, 6) is 0.193. The van der Waals surface area contributed by atoms with Crippen LogP contribution in [-0.2, 0) is 0 Å². The molecule has 2 rings (SSSR count). The number of carbonyl (C=O) groups excluding carboxylic acids is 1. The van der Waals surface area contributed by atoms with Gasteiger partial charge in [-0.15, -0.1) is 0 Å². The van der Waals surface area contributed by atoms with Crippen LogP contribution in [0.25, 0.3) is 0 Å². The van der Waals surface area contributed by atoms with Crippen molar-refractivity contribution in [2.75, 3.05) is 13.1 Å². The van der Waals surface area contributed by atoms with Gasteiger partial charge in [0.25, 0.3) is 5.91 Å². The SMILES string of the molecule is O=C(c1cc(I)cc(I)c1I)N1CCCC1. The first-order chi connectivity index (χ1) is 7.59. The van der Waals surface area contributed by atoms with Gasteiger partial charge in [0, 0.05) is 23.8 Å². The van der Waals surface area contributed by atoms with Crippen LogP contribution in [0.1, 0.15) is 23.2 Å². The summed E-state index contributed by atoms with van der Waals surface area (Å²) in [5.41, 5.74) is 0.860. The first-order valence-electron chi connectivity index (χ1n) is 5.03. The molecule has 1 aliphatic heterocycles. The van der Waals surface area contributed by atoms with Gasteiger partial charge in [0.15, 0.2) is 0 Å². The third-order valence-electron chi connectivity index (χ3n) is 2.62. The number of amides is 1. The van der Waals surface area contributed by atoms with Gasteiger partial charge in [-0.25, -0.2) is 0 Å². The second-order valence-corrected chi connectivity index (χ2v) is 7.24. The van der Waals surface area contributed by atoms with Crippen LogP contribution < -0.4 is 0 Å². The largest absolute Gasteiger partial charge is 0.339 e. The minimum atomic E-state index is 0.193. The maximum atomic E-state index is 12.3. The quantitative estimate of drug-likeness (QED) is 0.384. The lowest BCUT2D eigenvalue weighted by Gasteiger charge is -2.17. The Balaban J connectivity index is 2.35. The molecular weight excluding hydrogens is 543 g/mol. The summed E-state index contributed by atoms with van der Waals surface area (Å²) in [6, 6.07) is 4.09. The Morgan fingerprint density at radius 1 is 1.12 bits per heavy atom. The van der Waals surface area contributed by atoms with Gasteiger partial charge in [0.2, 0.25) is 0 Å². The second-order valence-electron chi connectivity index (χ2n) is 3.75. The van der Waals surface area contributed by atoms with Crippen LogP contribution in [0.2, 0.25) is 0 Å². The van der Waals surface area contributed by atoms with Crippen molar-refractivity contribution >= 4 is 73.7 Å². The van der Waals surface area contributed by atoms with E-state index < -0.39 is 0 Å². The molecule has 0 radical (unpaired) electrons. The molecule has 86 valence electrons. The monoisotopic (exact) mass is 553 g/mol. The van der Waals surface area contributed by atoms with Crippen molar-refractivity contribution in [3.63, 3.8) is 0 Å². The Morgan fingerprint density at radius 3 is 2.38 bits per heavy atom. The van der Waals surface area contributed by atoms with E-state index in [1.54, 1.807) is 0 Å². The van der Waals surface area contributed by atoms with Crippen LogP contribution in [0.15, 0.2) is 12.1 Å².